The number of hydrogen-bond acceptors (Lipinski definition) is 2. The first kappa shape index (κ1) is 12.5. The zero-order valence-corrected chi connectivity index (χ0v) is 11.1. The van der Waals surface area contributed by atoms with E-state index in [9.17, 15) is 4.79 Å². The molecule has 1 aromatic carbocycles. The molecular formula is C10H12BrClN2O. The third-order valence-corrected chi connectivity index (χ3v) is 2.88. The van der Waals surface area contributed by atoms with Crippen LogP contribution in [0.25, 0.3) is 0 Å². The van der Waals surface area contributed by atoms with Gasteiger partial charge in [-0.2, -0.15) is 0 Å². The minimum atomic E-state index is -0.186. The Kier molecular flexibility index (Phi) is 4.13. The summed E-state index contributed by atoms with van der Waals surface area (Å²) in [5, 5.41) is 2.17. The van der Waals surface area contributed by atoms with Gasteiger partial charge in [-0.05, 0) is 40.5 Å². The average Bonchev–Trinajstić information content (AvgIpc) is 2.09. The predicted octanol–water partition coefficient (Wildman–Crippen LogP) is 2.62. The number of nitrogens with one attached hydrogen (secondary N) is 1. The summed E-state index contributed by atoms with van der Waals surface area (Å²) in [6, 6.07) is 3.48. The molecule has 0 spiro atoms. The molecule has 0 fully saturated rings. The Bertz CT molecular complexity index is 393. The van der Waals surface area contributed by atoms with Crippen LogP contribution in [0.15, 0.2) is 16.6 Å². The van der Waals surface area contributed by atoms with Crippen LogP contribution >= 0.6 is 27.5 Å². The minimum absolute atomic E-state index is 0.186. The number of nitrogens with zero attached hydrogens (tertiary/aromatic N) is 1. The number of amides is 1. The van der Waals surface area contributed by atoms with Crippen molar-refractivity contribution in [2.75, 3.05) is 14.1 Å². The Balaban J connectivity index is 3.04. The smallest absolute Gasteiger partial charge is 0.266 e. The van der Waals surface area contributed by atoms with Gasteiger partial charge in [0.1, 0.15) is 0 Å². The van der Waals surface area contributed by atoms with Crippen LogP contribution in [0.4, 0.5) is 0 Å². The van der Waals surface area contributed by atoms with Crippen LogP contribution in [0.5, 0.6) is 0 Å². The molecule has 1 amide bonds. The molecule has 0 atom stereocenters. The number of carbonyl (C=O) groups excluding carboxylic acids is 1. The van der Waals surface area contributed by atoms with Gasteiger partial charge in [0.15, 0.2) is 0 Å². The lowest BCUT2D eigenvalue weighted by atomic mass is 10.1. The molecular weight excluding hydrogens is 279 g/mol. The van der Waals surface area contributed by atoms with Crippen LogP contribution in [0.1, 0.15) is 15.9 Å². The molecule has 82 valence electrons. The molecule has 0 aromatic heterocycles. The van der Waals surface area contributed by atoms with E-state index in [0.29, 0.717) is 10.6 Å². The standard InChI is InChI=1S/C10H12BrClN2O/c1-6-4-8(11)7(5-9(6)12)10(15)13-14(2)3/h4-5H,1-3H3,(H,13,15). The monoisotopic (exact) mass is 290 g/mol. The van der Waals surface area contributed by atoms with Gasteiger partial charge in [0, 0.05) is 23.6 Å². The molecule has 15 heavy (non-hydrogen) atoms. The molecule has 1 N–H and O–H groups in total. The van der Waals surface area contributed by atoms with Crippen LogP contribution in [0.3, 0.4) is 0 Å². The lowest BCUT2D eigenvalue weighted by Gasteiger charge is -2.13. The number of benzene rings is 1. The summed E-state index contributed by atoms with van der Waals surface area (Å²) in [5.74, 6) is -0.186. The topological polar surface area (TPSA) is 32.3 Å². The van der Waals surface area contributed by atoms with Gasteiger partial charge >= 0.3 is 0 Å². The number of aryl methyl sites for hydroxylation is 1. The molecule has 0 aliphatic rings. The molecule has 0 aliphatic heterocycles. The summed E-state index contributed by atoms with van der Waals surface area (Å²) in [6.07, 6.45) is 0. The van der Waals surface area contributed by atoms with Gasteiger partial charge in [-0.25, -0.2) is 5.01 Å². The molecule has 1 aromatic rings. The molecule has 0 aliphatic carbocycles. The number of hydrazine groups is 1. The molecule has 5 heteroatoms. The second-order valence-corrected chi connectivity index (χ2v) is 4.68. The molecule has 0 radical (unpaired) electrons. The van der Waals surface area contributed by atoms with E-state index in [0.717, 1.165) is 10.0 Å². The van der Waals surface area contributed by atoms with Crippen molar-refractivity contribution in [1.82, 2.24) is 10.4 Å². The second kappa shape index (κ2) is 4.96. The van der Waals surface area contributed by atoms with Gasteiger partial charge in [-0.3, -0.25) is 10.2 Å². The van der Waals surface area contributed by atoms with Gasteiger partial charge in [-0.1, -0.05) is 11.6 Å². The van der Waals surface area contributed by atoms with E-state index in [4.69, 9.17) is 11.6 Å². The predicted molar refractivity (Wildman–Crippen MR) is 65.0 cm³/mol. The fourth-order valence-corrected chi connectivity index (χ4v) is 1.89. The molecule has 1 rings (SSSR count). The first-order chi connectivity index (χ1) is 6.91. The molecule has 0 saturated carbocycles. The lowest BCUT2D eigenvalue weighted by molar-refractivity contribution is 0.0856. The van der Waals surface area contributed by atoms with Crippen molar-refractivity contribution >= 4 is 33.4 Å². The summed E-state index contributed by atoms with van der Waals surface area (Å²) in [4.78, 5) is 11.7. The fraction of sp³-hybridized carbons (Fsp3) is 0.300. The van der Waals surface area contributed by atoms with E-state index in [-0.39, 0.29) is 5.91 Å². The van der Waals surface area contributed by atoms with E-state index in [1.54, 1.807) is 25.2 Å². The Morgan fingerprint density at radius 1 is 1.47 bits per heavy atom. The van der Waals surface area contributed by atoms with Crippen molar-refractivity contribution in [2.24, 2.45) is 0 Å². The van der Waals surface area contributed by atoms with Crippen LogP contribution in [-0.2, 0) is 0 Å². The molecule has 3 nitrogen and oxygen atoms in total. The maximum Gasteiger partial charge on any atom is 0.266 e. The van der Waals surface area contributed by atoms with Crippen molar-refractivity contribution in [1.29, 1.82) is 0 Å². The number of halogens is 2. The number of carbonyl (C=O) groups is 1. The van der Waals surface area contributed by atoms with Crippen molar-refractivity contribution in [3.05, 3.63) is 32.8 Å². The van der Waals surface area contributed by atoms with E-state index >= 15 is 0 Å². The fourth-order valence-electron chi connectivity index (χ4n) is 1.08. The number of rotatable bonds is 2. The SMILES string of the molecule is Cc1cc(Br)c(C(=O)NN(C)C)cc1Cl. The summed E-state index contributed by atoms with van der Waals surface area (Å²) >= 11 is 9.29. The first-order valence-electron chi connectivity index (χ1n) is 4.35. The highest BCUT2D eigenvalue weighted by molar-refractivity contribution is 9.10. The van der Waals surface area contributed by atoms with E-state index < -0.39 is 0 Å². The minimum Gasteiger partial charge on any atom is -0.285 e. The van der Waals surface area contributed by atoms with Gasteiger partial charge in [0.2, 0.25) is 0 Å². The molecule has 0 unspecified atom stereocenters. The maximum atomic E-state index is 11.7. The van der Waals surface area contributed by atoms with Gasteiger partial charge in [-0.15, -0.1) is 0 Å². The van der Waals surface area contributed by atoms with Crippen LogP contribution in [0, 0.1) is 6.92 Å². The molecule has 0 bridgehead atoms. The van der Waals surface area contributed by atoms with Crippen LogP contribution in [-0.4, -0.2) is 25.0 Å². The highest BCUT2D eigenvalue weighted by Gasteiger charge is 2.12. The summed E-state index contributed by atoms with van der Waals surface area (Å²) in [7, 11) is 3.50. The highest BCUT2D eigenvalue weighted by atomic mass is 79.9. The third-order valence-electron chi connectivity index (χ3n) is 1.82. The Morgan fingerprint density at radius 3 is 2.60 bits per heavy atom. The molecule has 0 heterocycles. The van der Waals surface area contributed by atoms with Crippen molar-refractivity contribution in [2.45, 2.75) is 6.92 Å². The van der Waals surface area contributed by atoms with Gasteiger partial charge in [0.05, 0.1) is 5.56 Å². The second-order valence-electron chi connectivity index (χ2n) is 3.42. The molecule has 0 saturated heterocycles. The van der Waals surface area contributed by atoms with E-state index in [1.165, 1.54) is 0 Å². The maximum absolute atomic E-state index is 11.7. The van der Waals surface area contributed by atoms with Gasteiger partial charge in [0.25, 0.3) is 5.91 Å². The summed E-state index contributed by atoms with van der Waals surface area (Å²) < 4.78 is 0.740. The van der Waals surface area contributed by atoms with Crippen molar-refractivity contribution < 1.29 is 4.79 Å². The van der Waals surface area contributed by atoms with Crippen LogP contribution in [0.2, 0.25) is 5.02 Å². The Morgan fingerprint density at radius 2 is 2.07 bits per heavy atom. The summed E-state index contributed by atoms with van der Waals surface area (Å²) in [5.41, 5.74) is 4.11. The lowest BCUT2D eigenvalue weighted by Crippen LogP contribution is -2.36. The Labute approximate surface area is 103 Å². The first-order valence-corrected chi connectivity index (χ1v) is 5.53. The highest BCUT2D eigenvalue weighted by Crippen LogP contribution is 2.24. The zero-order chi connectivity index (χ0) is 11.6. The van der Waals surface area contributed by atoms with Crippen molar-refractivity contribution in [3.8, 4) is 0 Å². The van der Waals surface area contributed by atoms with E-state index in [2.05, 4.69) is 21.4 Å². The largest absolute Gasteiger partial charge is 0.285 e. The van der Waals surface area contributed by atoms with E-state index in [1.807, 2.05) is 13.0 Å². The van der Waals surface area contributed by atoms with Crippen molar-refractivity contribution in [3.63, 3.8) is 0 Å². The quantitative estimate of drug-likeness (QED) is 0.850. The average molecular weight is 292 g/mol. The zero-order valence-electron chi connectivity index (χ0n) is 8.77. The normalized spacial score (nSPS) is 10.5. The third kappa shape index (κ3) is 3.19. The summed E-state index contributed by atoms with van der Waals surface area (Å²) in [6.45, 7) is 1.89. The Hall–Kier alpha value is -0.580. The van der Waals surface area contributed by atoms with Crippen LogP contribution < -0.4 is 5.43 Å². The number of hydrogen-bond donors (Lipinski definition) is 1. The van der Waals surface area contributed by atoms with Gasteiger partial charge < -0.3 is 0 Å².